The summed E-state index contributed by atoms with van der Waals surface area (Å²) in [6.45, 7) is 5.05. The fraction of sp³-hybridized carbons (Fsp3) is 0.533. The number of rotatable bonds is 7. The van der Waals surface area contributed by atoms with Crippen molar-refractivity contribution < 1.29 is 19.4 Å². The summed E-state index contributed by atoms with van der Waals surface area (Å²) in [5.74, 6) is 0.00179. The van der Waals surface area contributed by atoms with Gasteiger partial charge in [-0.1, -0.05) is 6.07 Å². The van der Waals surface area contributed by atoms with Crippen LogP contribution in [-0.2, 0) is 9.47 Å². The van der Waals surface area contributed by atoms with Crippen molar-refractivity contribution in [2.24, 2.45) is 0 Å². The minimum atomic E-state index is -0.125. The second kappa shape index (κ2) is 7.87. The molecule has 1 atom stereocenters. The molecule has 5 nitrogen and oxygen atoms in total. The smallest absolute Gasteiger partial charge is 0.254 e. The molecular weight excluding hydrogens is 258 g/mol. The first-order chi connectivity index (χ1) is 9.52. The highest BCUT2D eigenvalue weighted by Crippen LogP contribution is 2.21. The average Bonchev–Trinajstić information content (AvgIpc) is 2.42. The summed E-state index contributed by atoms with van der Waals surface area (Å²) < 4.78 is 10.2. The number of hydrogen-bond donors (Lipinski definition) is 1. The molecule has 0 aliphatic carbocycles. The van der Waals surface area contributed by atoms with Crippen molar-refractivity contribution in [2.45, 2.75) is 19.9 Å². The van der Waals surface area contributed by atoms with Gasteiger partial charge in [-0.05, 0) is 26.0 Å². The molecule has 0 saturated carbocycles. The van der Waals surface area contributed by atoms with Gasteiger partial charge in [-0.2, -0.15) is 0 Å². The van der Waals surface area contributed by atoms with Crippen LogP contribution in [0.15, 0.2) is 18.2 Å². The summed E-state index contributed by atoms with van der Waals surface area (Å²) in [7, 11) is 3.21. The Morgan fingerprint density at radius 2 is 2.05 bits per heavy atom. The van der Waals surface area contributed by atoms with Crippen molar-refractivity contribution >= 4 is 5.91 Å². The Balaban J connectivity index is 2.99. The van der Waals surface area contributed by atoms with Crippen LogP contribution in [0.2, 0.25) is 0 Å². The second-order valence-electron chi connectivity index (χ2n) is 4.75. The maximum Gasteiger partial charge on any atom is 0.254 e. The van der Waals surface area contributed by atoms with Gasteiger partial charge >= 0.3 is 0 Å². The van der Waals surface area contributed by atoms with Crippen molar-refractivity contribution in [3.05, 3.63) is 29.3 Å². The van der Waals surface area contributed by atoms with Crippen molar-refractivity contribution in [1.82, 2.24) is 4.90 Å². The van der Waals surface area contributed by atoms with Gasteiger partial charge in [0.25, 0.3) is 5.91 Å². The van der Waals surface area contributed by atoms with Gasteiger partial charge in [0.15, 0.2) is 0 Å². The third-order valence-electron chi connectivity index (χ3n) is 3.27. The van der Waals surface area contributed by atoms with E-state index in [0.717, 1.165) is 0 Å². The number of carbonyl (C=O) groups excluding carboxylic acids is 1. The predicted octanol–water partition coefficient (Wildman–Crippen LogP) is 1.82. The number of ether oxygens (including phenoxy) is 2. The average molecular weight is 281 g/mol. The molecule has 0 spiro atoms. The Kier molecular flexibility index (Phi) is 6.48. The van der Waals surface area contributed by atoms with Gasteiger partial charge < -0.3 is 19.5 Å². The lowest BCUT2D eigenvalue weighted by Gasteiger charge is -2.29. The predicted molar refractivity (Wildman–Crippen MR) is 77.1 cm³/mol. The number of amides is 1. The first kappa shape index (κ1) is 16.5. The molecule has 112 valence electrons. The van der Waals surface area contributed by atoms with E-state index in [-0.39, 0.29) is 17.7 Å². The number of carbonyl (C=O) groups is 1. The second-order valence-corrected chi connectivity index (χ2v) is 4.75. The molecule has 1 unspecified atom stereocenters. The molecule has 0 aromatic heterocycles. The van der Waals surface area contributed by atoms with E-state index in [2.05, 4.69) is 0 Å². The highest BCUT2D eigenvalue weighted by molar-refractivity contribution is 5.96. The molecule has 1 aromatic rings. The normalized spacial score (nSPS) is 12.2. The quantitative estimate of drug-likeness (QED) is 0.828. The summed E-state index contributed by atoms with van der Waals surface area (Å²) in [6.07, 6.45) is 0. The van der Waals surface area contributed by atoms with Crippen LogP contribution in [0.25, 0.3) is 0 Å². The molecule has 20 heavy (non-hydrogen) atoms. The molecule has 0 saturated heterocycles. The molecule has 0 fully saturated rings. The van der Waals surface area contributed by atoms with Crippen LogP contribution in [0.1, 0.15) is 22.8 Å². The standard InChI is InChI=1S/C15H23NO4/c1-11(10-20-4)16(8-9-19-3)15(18)13-6-5-7-14(17)12(13)2/h5-7,11,17H,8-10H2,1-4H3. The van der Waals surface area contributed by atoms with E-state index in [1.54, 1.807) is 44.2 Å². The lowest BCUT2D eigenvalue weighted by molar-refractivity contribution is 0.0478. The molecule has 0 bridgehead atoms. The Morgan fingerprint density at radius 1 is 1.35 bits per heavy atom. The van der Waals surface area contributed by atoms with Crippen LogP contribution < -0.4 is 0 Å². The van der Waals surface area contributed by atoms with Gasteiger partial charge in [0.2, 0.25) is 0 Å². The third kappa shape index (κ3) is 3.95. The van der Waals surface area contributed by atoms with Crippen molar-refractivity contribution in [1.29, 1.82) is 0 Å². The van der Waals surface area contributed by atoms with Crippen LogP contribution in [0.3, 0.4) is 0 Å². The van der Waals surface area contributed by atoms with Gasteiger partial charge in [-0.3, -0.25) is 4.79 Å². The number of phenols is 1. The monoisotopic (exact) mass is 281 g/mol. The Morgan fingerprint density at radius 3 is 2.65 bits per heavy atom. The van der Waals surface area contributed by atoms with Gasteiger partial charge in [0.05, 0.1) is 19.3 Å². The summed E-state index contributed by atoms with van der Waals surface area (Å²) in [6, 6.07) is 4.90. The summed E-state index contributed by atoms with van der Waals surface area (Å²) in [4.78, 5) is 14.3. The number of nitrogens with zero attached hydrogens (tertiary/aromatic N) is 1. The minimum absolute atomic E-state index is 0.0654. The lowest BCUT2D eigenvalue weighted by atomic mass is 10.1. The summed E-state index contributed by atoms with van der Waals surface area (Å²) in [5, 5.41) is 9.73. The lowest BCUT2D eigenvalue weighted by Crippen LogP contribution is -2.43. The highest BCUT2D eigenvalue weighted by atomic mass is 16.5. The van der Waals surface area contributed by atoms with Crippen molar-refractivity contribution in [2.75, 3.05) is 34.0 Å². The van der Waals surface area contributed by atoms with Crippen LogP contribution in [0.5, 0.6) is 5.75 Å². The maximum absolute atomic E-state index is 12.6. The van der Waals surface area contributed by atoms with E-state index >= 15 is 0 Å². The number of hydrogen-bond acceptors (Lipinski definition) is 4. The summed E-state index contributed by atoms with van der Waals surface area (Å²) >= 11 is 0. The summed E-state index contributed by atoms with van der Waals surface area (Å²) in [5.41, 5.74) is 1.09. The Hall–Kier alpha value is -1.59. The van der Waals surface area contributed by atoms with Crippen LogP contribution in [0, 0.1) is 6.92 Å². The zero-order valence-corrected chi connectivity index (χ0v) is 12.5. The fourth-order valence-corrected chi connectivity index (χ4v) is 2.05. The van der Waals surface area contributed by atoms with Crippen LogP contribution in [0.4, 0.5) is 0 Å². The van der Waals surface area contributed by atoms with Gasteiger partial charge in [-0.15, -0.1) is 0 Å². The molecule has 1 rings (SSSR count). The molecular formula is C15H23NO4. The minimum Gasteiger partial charge on any atom is -0.508 e. The van der Waals surface area contributed by atoms with Gasteiger partial charge in [-0.25, -0.2) is 0 Å². The molecule has 1 N–H and O–H groups in total. The molecule has 0 radical (unpaired) electrons. The molecule has 1 amide bonds. The number of aromatic hydroxyl groups is 1. The molecule has 5 heteroatoms. The molecule has 1 aromatic carbocycles. The van der Waals surface area contributed by atoms with E-state index < -0.39 is 0 Å². The topological polar surface area (TPSA) is 59.0 Å². The van der Waals surface area contributed by atoms with E-state index in [9.17, 15) is 9.90 Å². The first-order valence-electron chi connectivity index (χ1n) is 6.60. The largest absolute Gasteiger partial charge is 0.508 e. The zero-order valence-electron chi connectivity index (χ0n) is 12.5. The SMILES string of the molecule is COCCN(C(=O)c1cccc(O)c1C)C(C)COC. The third-order valence-corrected chi connectivity index (χ3v) is 3.27. The van der Waals surface area contributed by atoms with E-state index in [1.165, 1.54) is 0 Å². The number of phenolic OH excluding ortho intramolecular Hbond substituents is 1. The van der Waals surface area contributed by atoms with Gasteiger partial charge in [0, 0.05) is 31.9 Å². The van der Waals surface area contributed by atoms with Crippen LogP contribution >= 0.6 is 0 Å². The maximum atomic E-state index is 12.6. The fourth-order valence-electron chi connectivity index (χ4n) is 2.05. The van der Waals surface area contributed by atoms with E-state index in [4.69, 9.17) is 9.47 Å². The Labute approximate surface area is 120 Å². The Bertz CT molecular complexity index is 447. The van der Waals surface area contributed by atoms with E-state index in [0.29, 0.717) is 30.9 Å². The molecule has 0 heterocycles. The number of benzene rings is 1. The van der Waals surface area contributed by atoms with Crippen LogP contribution in [-0.4, -0.2) is 55.9 Å². The van der Waals surface area contributed by atoms with Crippen molar-refractivity contribution in [3.8, 4) is 5.75 Å². The zero-order chi connectivity index (χ0) is 15.1. The molecule has 0 aliphatic rings. The van der Waals surface area contributed by atoms with Gasteiger partial charge in [0.1, 0.15) is 5.75 Å². The van der Waals surface area contributed by atoms with E-state index in [1.807, 2.05) is 6.92 Å². The first-order valence-corrected chi connectivity index (χ1v) is 6.60. The highest BCUT2D eigenvalue weighted by Gasteiger charge is 2.23. The van der Waals surface area contributed by atoms with Crippen molar-refractivity contribution in [3.63, 3.8) is 0 Å². The molecule has 0 aliphatic heterocycles. The number of methoxy groups -OCH3 is 2.